The van der Waals surface area contributed by atoms with Gasteiger partial charge in [0.1, 0.15) is 5.75 Å². The Morgan fingerprint density at radius 3 is 3.05 bits per heavy atom. The molecule has 2 aliphatic rings. The summed E-state index contributed by atoms with van der Waals surface area (Å²) in [4.78, 5) is 25.5. The molecule has 1 aromatic carbocycles. The molecule has 0 radical (unpaired) electrons. The summed E-state index contributed by atoms with van der Waals surface area (Å²) < 4.78 is 5.27. The summed E-state index contributed by atoms with van der Waals surface area (Å²) in [5.41, 5.74) is 1.05. The molecule has 2 amide bonds. The van der Waals surface area contributed by atoms with E-state index in [1.54, 1.807) is 30.0 Å². The first-order valence-corrected chi connectivity index (χ1v) is 7.08. The molecule has 21 heavy (non-hydrogen) atoms. The predicted molar refractivity (Wildman–Crippen MR) is 76.3 cm³/mol. The van der Waals surface area contributed by atoms with Gasteiger partial charge in [-0.3, -0.25) is 9.59 Å². The number of nitrogens with one attached hydrogen (secondary N) is 1. The summed E-state index contributed by atoms with van der Waals surface area (Å²) >= 11 is 0. The first-order valence-electron chi connectivity index (χ1n) is 7.08. The molecule has 1 aromatic rings. The predicted octanol–water partition coefficient (Wildman–Crippen LogP) is 0.860. The van der Waals surface area contributed by atoms with Crippen molar-refractivity contribution >= 4 is 17.5 Å². The van der Waals surface area contributed by atoms with Crippen molar-refractivity contribution in [2.24, 2.45) is 5.92 Å². The molecule has 0 spiro atoms. The molecule has 0 bridgehead atoms. The SMILES string of the molecule is CC(O)C1CCN(C(=O)c2ccc3c(c2)NC(=O)CO3)C1. The fraction of sp³-hybridized carbons (Fsp3) is 0.467. The second-order valence-electron chi connectivity index (χ2n) is 5.59. The Labute approximate surface area is 122 Å². The third-order valence-electron chi connectivity index (χ3n) is 4.05. The van der Waals surface area contributed by atoms with Crippen molar-refractivity contribution in [3.05, 3.63) is 23.8 Å². The number of fused-ring (bicyclic) bond motifs is 1. The number of carbonyl (C=O) groups is 2. The van der Waals surface area contributed by atoms with Crippen LogP contribution in [-0.4, -0.2) is 47.6 Å². The molecule has 2 N–H and O–H groups in total. The van der Waals surface area contributed by atoms with E-state index < -0.39 is 6.10 Å². The molecular weight excluding hydrogens is 272 g/mol. The summed E-state index contributed by atoms with van der Waals surface area (Å²) in [5.74, 6) is 0.409. The zero-order chi connectivity index (χ0) is 15.0. The Hall–Kier alpha value is -2.08. The second-order valence-corrected chi connectivity index (χ2v) is 5.59. The van der Waals surface area contributed by atoms with E-state index in [1.165, 1.54) is 0 Å². The van der Waals surface area contributed by atoms with Crippen LogP contribution in [0.15, 0.2) is 18.2 Å². The molecule has 2 atom stereocenters. The highest BCUT2D eigenvalue weighted by Gasteiger charge is 2.30. The van der Waals surface area contributed by atoms with Gasteiger partial charge in [-0.2, -0.15) is 0 Å². The van der Waals surface area contributed by atoms with Crippen molar-refractivity contribution in [2.75, 3.05) is 25.0 Å². The molecule has 2 heterocycles. The number of benzene rings is 1. The van der Waals surface area contributed by atoms with Gasteiger partial charge in [0.2, 0.25) is 0 Å². The second kappa shape index (κ2) is 5.37. The Balaban J connectivity index is 1.77. The average Bonchev–Trinajstić information content (AvgIpc) is 2.95. The molecule has 0 aliphatic carbocycles. The van der Waals surface area contributed by atoms with Gasteiger partial charge in [0, 0.05) is 24.6 Å². The number of ether oxygens (including phenoxy) is 1. The number of hydrogen-bond donors (Lipinski definition) is 2. The number of amides is 2. The van der Waals surface area contributed by atoms with Crippen LogP contribution in [0.2, 0.25) is 0 Å². The Morgan fingerprint density at radius 1 is 1.52 bits per heavy atom. The average molecular weight is 290 g/mol. The maximum absolute atomic E-state index is 12.5. The van der Waals surface area contributed by atoms with Gasteiger partial charge < -0.3 is 20.1 Å². The molecule has 0 saturated carbocycles. The van der Waals surface area contributed by atoms with E-state index in [0.29, 0.717) is 30.1 Å². The van der Waals surface area contributed by atoms with E-state index in [4.69, 9.17) is 4.74 Å². The van der Waals surface area contributed by atoms with Crippen LogP contribution in [0.1, 0.15) is 23.7 Å². The van der Waals surface area contributed by atoms with Crippen LogP contribution in [0.25, 0.3) is 0 Å². The standard InChI is InChI=1S/C15H18N2O4/c1-9(18)11-4-5-17(7-11)15(20)10-2-3-13-12(6-10)16-14(19)8-21-13/h2-3,6,9,11,18H,4-5,7-8H2,1H3,(H,16,19). The fourth-order valence-electron chi connectivity index (χ4n) is 2.76. The van der Waals surface area contributed by atoms with E-state index in [0.717, 1.165) is 6.42 Å². The number of likely N-dealkylation sites (tertiary alicyclic amines) is 1. The third-order valence-corrected chi connectivity index (χ3v) is 4.05. The number of anilines is 1. The van der Waals surface area contributed by atoms with Gasteiger partial charge in [0.15, 0.2) is 6.61 Å². The molecule has 6 heteroatoms. The maximum atomic E-state index is 12.5. The third kappa shape index (κ3) is 2.71. The van der Waals surface area contributed by atoms with Crippen molar-refractivity contribution in [3.8, 4) is 5.75 Å². The van der Waals surface area contributed by atoms with Gasteiger partial charge in [0.05, 0.1) is 11.8 Å². The number of aliphatic hydroxyl groups excluding tert-OH is 1. The zero-order valence-electron chi connectivity index (χ0n) is 11.8. The fourth-order valence-corrected chi connectivity index (χ4v) is 2.76. The largest absolute Gasteiger partial charge is 0.482 e. The van der Waals surface area contributed by atoms with Crippen LogP contribution in [-0.2, 0) is 4.79 Å². The van der Waals surface area contributed by atoms with Crippen molar-refractivity contribution in [1.82, 2.24) is 4.90 Å². The Kier molecular flexibility index (Phi) is 3.55. The lowest BCUT2D eigenvalue weighted by Crippen LogP contribution is -2.31. The molecule has 1 fully saturated rings. The Bertz CT molecular complexity index is 585. The highest BCUT2D eigenvalue weighted by atomic mass is 16.5. The molecule has 0 aromatic heterocycles. The lowest BCUT2D eigenvalue weighted by molar-refractivity contribution is -0.118. The van der Waals surface area contributed by atoms with Crippen molar-refractivity contribution in [2.45, 2.75) is 19.4 Å². The summed E-state index contributed by atoms with van der Waals surface area (Å²) in [6.45, 7) is 2.97. The number of aliphatic hydroxyl groups is 1. The van der Waals surface area contributed by atoms with E-state index in [1.807, 2.05) is 0 Å². The highest BCUT2D eigenvalue weighted by Crippen LogP contribution is 2.30. The van der Waals surface area contributed by atoms with E-state index in [2.05, 4.69) is 5.32 Å². The van der Waals surface area contributed by atoms with E-state index >= 15 is 0 Å². The normalized spacial score (nSPS) is 22.3. The molecule has 2 aliphatic heterocycles. The van der Waals surface area contributed by atoms with Gasteiger partial charge in [-0.1, -0.05) is 0 Å². The van der Waals surface area contributed by atoms with Gasteiger partial charge in [0.25, 0.3) is 11.8 Å². The van der Waals surface area contributed by atoms with Gasteiger partial charge in [-0.05, 0) is 31.5 Å². The zero-order valence-corrected chi connectivity index (χ0v) is 11.8. The van der Waals surface area contributed by atoms with Crippen molar-refractivity contribution in [3.63, 3.8) is 0 Å². The number of rotatable bonds is 2. The minimum Gasteiger partial charge on any atom is -0.482 e. The van der Waals surface area contributed by atoms with Crippen LogP contribution in [0.3, 0.4) is 0 Å². The lowest BCUT2D eigenvalue weighted by Gasteiger charge is -2.21. The maximum Gasteiger partial charge on any atom is 0.262 e. The van der Waals surface area contributed by atoms with Crippen molar-refractivity contribution < 1.29 is 19.4 Å². The van der Waals surface area contributed by atoms with Crippen LogP contribution in [0.5, 0.6) is 5.75 Å². The molecule has 2 unspecified atom stereocenters. The minimum absolute atomic E-state index is 0.00247. The summed E-state index contributed by atoms with van der Waals surface area (Å²) in [6, 6.07) is 5.04. The lowest BCUT2D eigenvalue weighted by atomic mass is 10.0. The van der Waals surface area contributed by atoms with Crippen LogP contribution in [0, 0.1) is 5.92 Å². The first kappa shape index (κ1) is 13.9. The summed E-state index contributed by atoms with van der Waals surface area (Å²) in [7, 11) is 0. The van der Waals surface area contributed by atoms with Gasteiger partial charge in [-0.15, -0.1) is 0 Å². The van der Waals surface area contributed by atoms with Crippen molar-refractivity contribution in [1.29, 1.82) is 0 Å². The quantitative estimate of drug-likeness (QED) is 0.847. The van der Waals surface area contributed by atoms with E-state index in [-0.39, 0.29) is 24.3 Å². The van der Waals surface area contributed by atoms with Crippen LogP contribution < -0.4 is 10.1 Å². The molecule has 6 nitrogen and oxygen atoms in total. The number of nitrogens with zero attached hydrogens (tertiary/aromatic N) is 1. The van der Waals surface area contributed by atoms with Crippen LogP contribution in [0.4, 0.5) is 5.69 Å². The number of hydrogen-bond acceptors (Lipinski definition) is 4. The topological polar surface area (TPSA) is 78.9 Å². The molecule has 1 saturated heterocycles. The Morgan fingerprint density at radius 2 is 2.33 bits per heavy atom. The molecule has 112 valence electrons. The smallest absolute Gasteiger partial charge is 0.262 e. The summed E-state index contributed by atoms with van der Waals surface area (Å²) in [5, 5.41) is 12.3. The van der Waals surface area contributed by atoms with Gasteiger partial charge >= 0.3 is 0 Å². The summed E-state index contributed by atoms with van der Waals surface area (Å²) in [6.07, 6.45) is 0.410. The minimum atomic E-state index is -0.404. The van der Waals surface area contributed by atoms with E-state index in [9.17, 15) is 14.7 Å². The highest BCUT2D eigenvalue weighted by molar-refractivity contribution is 5.99. The number of carbonyl (C=O) groups excluding carboxylic acids is 2. The monoisotopic (exact) mass is 290 g/mol. The molecule has 3 rings (SSSR count). The first-order chi connectivity index (χ1) is 10.0. The molecular formula is C15H18N2O4. The van der Waals surface area contributed by atoms with Gasteiger partial charge in [-0.25, -0.2) is 0 Å². The van der Waals surface area contributed by atoms with Crippen LogP contribution >= 0.6 is 0 Å².